The van der Waals surface area contributed by atoms with Crippen LogP contribution < -0.4 is 4.90 Å². The monoisotopic (exact) mass is 291 g/mol. The quantitative estimate of drug-likeness (QED) is 0.781. The van der Waals surface area contributed by atoms with Crippen molar-refractivity contribution in [3.05, 3.63) is 23.6 Å². The first kappa shape index (κ1) is 15.0. The molecule has 0 unspecified atom stereocenters. The summed E-state index contributed by atoms with van der Waals surface area (Å²) >= 11 is 0. The topological polar surface area (TPSA) is 19.4 Å². The smallest absolute Gasteiger partial charge is 0.352 e. The van der Waals surface area contributed by atoms with Crippen molar-refractivity contribution in [2.24, 2.45) is 0 Å². The van der Waals surface area contributed by atoms with Crippen molar-refractivity contribution in [2.75, 3.05) is 31.1 Å². The molecule has 0 atom stereocenters. The van der Waals surface area contributed by atoms with E-state index in [1.165, 1.54) is 0 Å². The molecule has 0 amide bonds. The van der Waals surface area contributed by atoms with Crippen molar-refractivity contribution in [3.63, 3.8) is 0 Å². The Balaban J connectivity index is 2.11. The molecule has 1 aromatic heterocycles. The van der Waals surface area contributed by atoms with Gasteiger partial charge in [0.2, 0.25) is 0 Å². The first-order chi connectivity index (χ1) is 9.29. The Bertz CT molecular complexity index is 465. The van der Waals surface area contributed by atoms with Gasteiger partial charge in [-0.15, -0.1) is 0 Å². The highest BCUT2D eigenvalue weighted by atomic mass is 19.4. The van der Waals surface area contributed by atoms with Gasteiger partial charge in [0.1, 0.15) is 0 Å². The highest BCUT2D eigenvalue weighted by Gasteiger charge is 2.32. The van der Waals surface area contributed by atoms with Gasteiger partial charge in [0.05, 0.1) is 5.56 Å². The number of alkyl halides is 3. The Labute approximate surface area is 115 Å². The van der Waals surface area contributed by atoms with Crippen molar-refractivity contribution in [2.45, 2.75) is 26.1 Å². The number of anilines is 1. The van der Waals surface area contributed by atoms with Gasteiger partial charge in [0, 0.05) is 38.4 Å². The first-order valence-electron chi connectivity index (χ1n) is 6.51. The van der Waals surface area contributed by atoms with Gasteiger partial charge in [-0.2, -0.15) is 13.2 Å². The molecule has 0 aromatic carbocycles. The van der Waals surface area contributed by atoms with E-state index in [0.29, 0.717) is 31.4 Å². The highest BCUT2D eigenvalue weighted by Crippen LogP contribution is 2.31. The minimum atomic E-state index is -4.57. The number of rotatable bonds is 2. The molecule has 2 heterocycles. The molecule has 1 fully saturated rings. The molecular formula is C13H17F4N3. The van der Waals surface area contributed by atoms with E-state index in [2.05, 4.69) is 23.7 Å². The van der Waals surface area contributed by atoms with Crippen LogP contribution in [0.2, 0.25) is 0 Å². The van der Waals surface area contributed by atoms with Gasteiger partial charge in [-0.05, 0) is 19.9 Å². The van der Waals surface area contributed by atoms with Crippen LogP contribution in [0.1, 0.15) is 19.4 Å². The van der Waals surface area contributed by atoms with Crippen molar-refractivity contribution in [1.29, 1.82) is 0 Å². The molecule has 0 saturated carbocycles. The number of halogens is 4. The van der Waals surface area contributed by atoms with Gasteiger partial charge in [-0.25, -0.2) is 9.37 Å². The van der Waals surface area contributed by atoms with E-state index >= 15 is 0 Å². The second-order valence-corrected chi connectivity index (χ2v) is 5.14. The van der Waals surface area contributed by atoms with Gasteiger partial charge in [0.25, 0.3) is 0 Å². The number of hydrogen-bond acceptors (Lipinski definition) is 3. The van der Waals surface area contributed by atoms with E-state index in [-0.39, 0.29) is 5.82 Å². The standard InChI is InChI=1S/C13H17F4N3/c1-9(2)19-3-5-20(6-4-19)12-11(14)7-10(8-18-12)13(15,16)17/h7-9H,3-6H2,1-2H3. The Kier molecular flexibility index (Phi) is 4.17. The van der Waals surface area contributed by atoms with Crippen molar-refractivity contribution >= 4 is 5.82 Å². The molecule has 2 rings (SSSR count). The van der Waals surface area contributed by atoms with Gasteiger partial charge in [-0.3, -0.25) is 4.90 Å². The minimum absolute atomic E-state index is 0.00130. The van der Waals surface area contributed by atoms with Crippen LogP contribution in [0, 0.1) is 5.82 Å². The Morgan fingerprint density at radius 3 is 2.20 bits per heavy atom. The lowest BCUT2D eigenvalue weighted by molar-refractivity contribution is -0.138. The fourth-order valence-electron chi connectivity index (χ4n) is 2.27. The van der Waals surface area contributed by atoms with Crippen LogP contribution in [0.5, 0.6) is 0 Å². The third-order valence-electron chi connectivity index (χ3n) is 3.49. The van der Waals surface area contributed by atoms with Crippen molar-refractivity contribution in [1.82, 2.24) is 9.88 Å². The summed E-state index contributed by atoms with van der Waals surface area (Å²) in [6.45, 7) is 6.78. The number of nitrogens with zero attached hydrogens (tertiary/aromatic N) is 3. The average molecular weight is 291 g/mol. The number of pyridine rings is 1. The van der Waals surface area contributed by atoms with E-state index < -0.39 is 17.6 Å². The zero-order chi connectivity index (χ0) is 14.9. The number of aromatic nitrogens is 1. The molecule has 0 aliphatic carbocycles. The molecule has 20 heavy (non-hydrogen) atoms. The molecule has 0 N–H and O–H groups in total. The van der Waals surface area contributed by atoms with E-state index in [4.69, 9.17) is 0 Å². The second-order valence-electron chi connectivity index (χ2n) is 5.14. The summed E-state index contributed by atoms with van der Waals surface area (Å²) in [5.41, 5.74) is -1.06. The lowest BCUT2D eigenvalue weighted by Crippen LogP contribution is -2.49. The maximum absolute atomic E-state index is 13.8. The molecule has 0 radical (unpaired) electrons. The van der Waals surface area contributed by atoms with E-state index in [9.17, 15) is 17.6 Å². The molecule has 0 bridgehead atoms. The highest BCUT2D eigenvalue weighted by molar-refractivity contribution is 5.42. The Morgan fingerprint density at radius 2 is 1.75 bits per heavy atom. The molecule has 1 aromatic rings. The predicted octanol–water partition coefficient (Wildman–Crippen LogP) is 2.77. The van der Waals surface area contributed by atoms with Crippen LogP contribution in [0.3, 0.4) is 0 Å². The predicted molar refractivity (Wildman–Crippen MR) is 68.1 cm³/mol. The van der Waals surface area contributed by atoms with Crippen LogP contribution in [0.4, 0.5) is 23.4 Å². The van der Waals surface area contributed by atoms with Crippen LogP contribution in [-0.2, 0) is 6.18 Å². The lowest BCUT2D eigenvalue weighted by atomic mass is 10.2. The largest absolute Gasteiger partial charge is 0.417 e. The summed E-state index contributed by atoms with van der Waals surface area (Å²) in [5, 5.41) is 0. The summed E-state index contributed by atoms with van der Waals surface area (Å²) in [5.74, 6) is -0.917. The molecule has 1 saturated heterocycles. The van der Waals surface area contributed by atoms with Gasteiger partial charge in [0.15, 0.2) is 11.6 Å². The fraction of sp³-hybridized carbons (Fsp3) is 0.615. The minimum Gasteiger partial charge on any atom is -0.352 e. The van der Waals surface area contributed by atoms with Crippen LogP contribution >= 0.6 is 0 Å². The normalized spacial score (nSPS) is 17.9. The average Bonchev–Trinajstić information content (AvgIpc) is 2.37. The maximum atomic E-state index is 13.8. The van der Waals surface area contributed by atoms with Crippen LogP contribution in [-0.4, -0.2) is 42.1 Å². The second kappa shape index (κ2) is 5.55. The van der Waals surface area contributed by atoms with E-state index in [1.807, 2.05) is 0 Å². The van der Waals surface area contributed by atoms with Crippen LogP contribution in [0.15, 0.2) is 12.3 Å². The van der Waals surface area contributed by atoms with Gasteiger partial charge < -0.3 is 4.90 Å². The molecule has 0 spiro atoms. The summed E-state index contributed by atoms with van der Waals surface area (Å²) in [7, 11) is 0. The summed E-state index contributed by atoms with van der Waals surface area (Å²) in [4.78, 5) is 7.57. The van der Waals surface area contributed by atoms with Gasteiger partial charge >= 0.3 is 6.18 Å². The first-order valence-corrected chi connectivity index (χ1v) is 6.51. The summed E-state index contributed by atoms with van der Waals surface area (Å²) in [6, 6.07) is 0.916. The lowest BCUT2D eigenvalue weighted by Gasteiger charge is -2.37. The summed E-state index contributed by atoms with van der Waals surface area (Å²) in [6.07, 6.45) is -3.88. The van der Waals surface area contributed by atoms with E-state index in [0.717, 1.165) is 13.1 Å². The Hall–Kier alpha value is -1.37. The van der Waals surface area contributed by atoms with Crippen molar-refractivity contribution in [3.8, 4) is 0 Å². The Morgan fingerprint density at radius 1 is 1.15 bits per heavy atom. The zero-order valence-corrected chi connectivity index (χ0v) is 11.4. The zero-order valence-electron chi connectivity index (χ0n) is 11.4. The van der Waals surface area contributed by atoms with Crippen LogP contribution in [0.25, 0.3) is 0 Å². The molecule has 1 aliphatic rings. The fourth-order valence-corrected chi connectivity index (χ4v) is 2.27. The third kappa shape index (κ3) is 3.20. The SMILES string of the molecule is CC(C)N1CCN(c2ncc(C(F)(F)F)cc2F)CC1. The summed E-state index contributed by atoms with van der Waals surface area (Å²) < 4.78 is 51.2. The molecular weight excluding hydrogens is 274 g/mol. The van der Waals surface area contributed by atoms with Gasteiger partial charge in [-0.1, -0.05) is 0 Å². The molecule has 1 aliphatic heterocycles. The molecule has 112 valence electrons. The number of piperazine rings is 1. The van der Waals surface area contributed by atoms with E-state index in [1.54, 1.807) is 4.90 Å². The molecule has 3 nitrogen and oxygen atoms in total. The maximum Gasteiger partial charge on any atom is 0.417 e. The molecule has 7 heteroatoms. The number of hydrogen-bond donors (Lipinski definition) is 0. The third-order valence-corrected chi connectivity index (χ3v) is 3.49. The van der Waals surface area contributed by atoms with Crippen molar-refractivity contribution < 1.29 is 17.6 Å².